The van der Waals surface area contributed by atoms with Crippen molar-refractivity contribution in [3.8, 4) is 5.75 Å². The highest BCUT2D eigenvalue weighted by Crippen LogP contribution is 2.33. The lowest BCUT2D eigenvalue weighted by atomic mass is 10.2. The first-order chi connectivity index (χ1) is 7.13. The van der Waals surface area contributed by atoms with Gasteiger partial charge < -0.3 is 15.5 Å². The Labute approximate surface area is 94.5 Å². The summed E-state index contributed by atoms with van der Waals surface area (Å²) in [5.74, 6) is 0.245. The van der Waals surface area contributed by atoms with Gasteiger partial charge in [0.2, 0.25) is 0 Å². The van der Waals surface area contributed by atoms with Crippen molar-refractivity contribution in [3.63, 3.8) is 0 Å². The Balaban J connectivity index is 2.71. The van der Waals surface area contributed by atoms with Gasteiger partial charge in [0.05, 0.1) is 11.6 Å². The molecule has 5 heteroatoms. The number of rotatable bonds is 2. The topological polar surface area (TPSA) is 68.1 Å². The number of hydrogen-bond acceptors (Lipinski definition) is 2. The number of carbonyl (C=O) groups excluding carboxylic acids is 1. The molecule has 1 amide bonds. The van der Waals surface area contributed by atoms with Crippen LogP contribution in [0, 0.1) is 0 Å². The summed E-state index contributed by atoms with van der Waals surface area (Å²) in [7, 11) is 1.59. The average molecular weight is 269 g/mol. The Kier molecular flexibility index (Phi) is 2.40. The third kappa shape index (κ3) is 1.59. The molecule has 0 fully saturated rings. The van der Waals surface area contributed by atoms with Gasteiger partial charge in [-0.15, -0.1) is 0 Å². The zero-order chi connectivity index (χ0) is 11.0. The van der Waals surface area contributed by atoms with Crippen LogP contribution in [0.5, 0.6) is 5.75 Å². The van der Waals surface area contributed by atoms with E-state index in [4.69, 9.17) is 10.5 Å². The summed E-state index contributed by atoms with van der Waals surface area (Å²) in [6.45, 7) is 0. The normalized spacial score (nSPS) is 10.5. The van der Waals surface area contributed by atoms with Crippen molar-refractivity contribution in [2.24, 2.45) is 5.73 Å². The summed E-state index contributed by atoms with van der Waals surface area (Å²) in [6.07, 6.45) is 0. The number of carbonyl (C=O) groups is 1. The first-order valence-corrected chi connectivity index (χ1v) is 5.08. The molecule has 3 N–H and O–H groups in total. The first-order valence-electron chi connectivity index (χ1n) is 4.28. The number of ether oxygens (including phenoxy) is 1. The molecule has 0 bridgehead atoms. The first kappa shape index (κ1) is 10.0. The monoisotopic (exact) mass is 268 g/mol. The smallest absolute Gasteiger partial charge is 0.265 e. The van der Waals surface area contributed by atoms with Crippen LogP contribution in [0.1, 0.15) is 10.5 Å². The number of aromatic amines is 1. The summed E-state index contributed by atoms with van der Waals surface area (Å²) in [6, 6.07) is 5.35. The highest BCUT2D eigenvalue weighted by Gasteiger charge is 2.10. The summed E-state index contributed by atoms with van der Waals surface area (Å²) < 4.78 is 5.96. The van der Waals surface area contributed by atoms with E-state index < -0.39 is 5.91 Å². The maximum Gasteiger partial charge on any atom is 0.265 e. The number of amides is 1. The molecule has 0 unspecified atom stereocenters. The number of H-pyrrole nitrogens is 1. The van der Waals surface area contributed by atoms with E-state index in [1.54, 1.807) is 13.2 Å². The maximum absolute atomic E-state index is 11.0. The molecule has 1 heterocycles. The molecule has 0 aliphatic heterocycles. The van der Waals surface area contributed by atoms with Crippen molar-refractivity contribution >= 4 is 32.7 Å². The molecule has 2 rings (SSSR count). The summed E-state index contributed by atoms with van der Waals surface area (Å²) in [5.41, 5.74) is 6.41. The SMILES string of the molecule is COc1ccc2[nH]c(C(N)=O)cc2c1Br. The fraction of sp³-hybridized carbons (Fsp3) is 0.100. The Bertz CT molecular complexity index is 533. The highest BCUT2D eigenvalue weighted by atomic mass is 79.9. The van der Waals surface area contributed by atoms with Gasteiger partial charge in [-0.25, -0.2) is 0 Å². The second-order valence-electron chi connectivity index (χ2n) is 3.09. The number of primary amides is 1. The van der Waals surface area contributed by atoms with Gasteiger partial charge in [-0.1, -0.05) is 0 Å². The Morgan fingerprint density at radius 2 is 2.27 bits per heavy atom. The van der Waals surface area contributed by atoms with E-state index >= 15 is 0 Å². The van der Waals surface area contributed by atoms with Crippen molar-refractivity contribution in [1.82, 2.24) is 4.98 Å². The summed E-state index contributed by atoms with van der Waals surface area (Å²) >= 11 is 3.41. The van der Waals surface area contributed by atoms with Crippen LogP contribution in [0.2, 0.25) is 0 Å². The van der Waals surface area contributed by atoms with Crippen LogP contribution in [0.3, 0.4) is 0 Å². The fourth-order valence-electron chi connectivity index (χ4n) is 1.44. The number of nitrogens with one attached hydrogen (secondary N) is 1. The molecule has 0 atom stereocenters. The van der Waals surface area contributed by atoms with E-state index in [1.165, 1.54) is 0 Å². The minimum Gasteiger partial charge on any atom is -0.496 e. The molecule has 0 spiro atoms. The van der Waals surface area contributed by atoms with Crippen molar-refractivity contribution in [2.75, 3.05) is 7.11 Å². The van der Waals surface area contributed by atoms with E-state index in [0.29, 0.717) is 5.69 Å². The molecule has 1 aromatic heterocycles. The molecule has 15 heavy (non-hydrogen) atoms. The zero-order valence-corrected chi connectivity index (χ0v) is 9.59. The average Bonchev–Trinajstić information content (AvgIpc) is 2.63. The van der Waals surface area contributed by atoms with E-state index in [1.807, 2.05) is 12.1 Å². The van der Waals surface area contributed by atoms with Crippen molar-refractivity contribution < 1.29 is 9.53 Å². The van der Waals surface area contributed by atoms with Gasteiger partial charge in [-0.2, -0.15) is 0 Å². The molecule has 0 radical (unpaired) electrons. The molecule has 1 aromatic carbocycles. The number of fused-ring (bicyclic) bond motifs is 1. The molecule has 0 saturated carbocycles. The van der Waals surface area contributed by atoms with Crippen LogP contribution >= 0.6 is 15.9 Å². The minimum atomic E-state index is -0.475. The lowest BCUT2D eigenvalue weighted by Crippen LogP contribution is -2.10. The van der Waals surface area contributed by atoms with Crippen LogP contribution in [-0.2, 0) is 0 Å². The molecule has 0 aliphatic rings. The van der Waals surface area contributed by atoms with Crippen molar-refractivity contribution in [1.29, 1.82) is 0 Å². The van der Waals surface area contributed by atoms with Crippen LogP contribution in [0.15, 0.2) is 22.7 Å². The third-order valence-corrected chi connectivity index (χ3v) is 3.01. The summed E-state index contributed by atoms with van der Waals surface area (Å²) in [5, 5.41) is 0.878. The number of hydrogen-bond donors (Lipinski definition) is 2. The van der Waals surface area contributed by atoms with E-state index in [9.17, 15) is 4.79 Å². The molecule has 4 nitrogen and oxygen atoms in total. The van der Waals surface area contributed by atoms with Crippen LogP contribution in [-0.4, -0.2) is 18.0 Å². The highest BCUT2D eigenvalue weighted by molar-refractivity contribution is 9.10. The van der Waals surface area contributed by atoms with Crippen molar-refractivity contribution in [3.05, 3.63) is 28.4 Å². The predicted octanol–water partition coefficient (Wildman–Crippen LogP) is 2.04. The number of methoxy groups -OCH3 is 1. The fourth-order valence-corrected chi connectivity index (χ4v) is 2.06. The van der Waals surface area contributed by atoms with Gasteiger partial charge in [0, 0.05) is 10.9 Å². The number of halogens is 1. The predicted molar refractivity (Wildman–Crippen MR) is 61.1 cm³/mol. The standard InChI is InChI=1S/C10H9BrN2O2/c1-15-8-3-2-6-5(9(8)11)4-7(13-6)10(12)14/h2-4,13H,1H3,(H2,12,14). The summed E-state index contributed by atoms with van der Waals surface area (Å²) in [4.78, 5) is 13.9. The molecular formula is C10H9BrN2O2. The van der Waals surface area contributed by atoms with Crippen LogP contribution in [0.25, 0.3) is 10.9 Å². The largest absolute Gasteiger partial charge is 0.496 e. The van der Waals surface area contributed by atoms with E-state index in [-0.39, 0.29) is 0 Å². The minimum absolute atomic E-state index is 0.388. The molecule has 0 aliphatic carbocycles. The molecule has 2 aromatic rings. The van der Waals surface area contributed by atoms with Gasteiger partial charge in [0.15, 0.2) is 0 Å². The van der Waals surface area contributed by atoms with E-state index in [2.05, 4.69) is 20.9 Å². The molecule has 0 saturated heterocycles. The maximum atomic E-state index is 11.0. The van der Waals surface area contributed by atoms with Crippen LogP contribution in [0.4, 0.5) is 0 Å². The number of benzene rings is 1. The lowest BCUT2D eigenvalue weighted by molar-refractivity contribution is 0.0996. The van der Waals surface area contributed by atoms with Gasteiger partial charge in [-0.3, -0.25) is 4.79 Å². The van der Waals surface area contributed by atoms with Gasteiger partial charge >= 0.3 is 0 Å². The Hall–Kier alpha value is -1.49. The lowest BCUT2D eigenvalue weighted by Gasteiger charge is -2.02. The van der Waals surface area contributed by atoms with Gasteiger partial charge in [-0.05, 0) is 34.1 Å². The van der Waals surface area contributed by atoms with Gasteiger partial charge in [0.1, 0.15) is 11.4 Å². The van der Waals surface area contributed by atoms with Crippen LogP contribution < -0.4 is 10.5 Å². The molecule has 78 valence electrons. The third-order valence-electron chi connectivity index (χ3n) is 2.19. The number of aromatic nitrogens is 1. The number of nitrogens with two attached hydrogens (primary N) is 1. The zero-order valence-electron chi connectivity index (χ0n) is 8.00. The second-order valence-corrected chi connectivity index (χ2v) is 3.88. The second kappa shape index (κ2) is 3.58. The quantitative estimate of drug-likeness (QED) is 0.875. The van der Waals surface area contributed by atoms with Gasteiger partial charge in [0.25, 0.3) is 5.91 Å². The Morgan fingerprint density at radius 1 is 1.53 bits per heavy atom. The van der Waals surface area contributed by atoms with E-state index in [0.717, 1.165) is 21.1 Å². The van der Waals surface area contributed by atoms with Crippen molar-refractivity contribution in [2.45, 2.75) is 0 Å². The molecular weight excluding hydrogens is 260 g/mol. The Morgan fingerprint density at radius 3 is 2.87 bits per heavy atom.